The third-order valence-electron chi connectivity index (χ3n) is 7.30. The fourth-order valence-electron chi connectivity index (χ4n) is 5.60. The summed E-state index contributed by atoms with van der Waals surface area (Å²) < 4.78 is 13.8. The Hall–Kier alpha value is -3.10. The summed E-state index contributed by atoms with van der Waals surface area (Å²) in [5.74, 6) is 0.0154. The molecule has 0 saturated carbocycles. The van der Waals surface area contributed by atoms with Crippen molar-refractivity contribution in [2.45, 2.75) is 44.1 Å². The first-order valence-corrected chi connectivity index (χ1v) is 12.4. The third-order valence-corrected chi connectivity index (χ3v) is 7.30. The number of pyridine rings is 1. The molecule has 1 aromatic heterocycles. The van der Waals surface area contributed by atoms with E-state index in [1.54, 1.807) is 0 Å². The average Bonchev–Trinajstić information content (AvgIpc) is 3.25. The van der Waals surface area contributed by atoms with Crippen LogP contribution in [0.2, 0.25) is 0 Å². The van der Waals surface area contributed by atoms with Crippen LogP contribution in [0.25, 0.3) is 11.3 Å². The number of rotatable bonds is 7. The Kier molecular flexibility index (Phi) is 6.08. The van der Waals surface area contributed by atoms with Crippen molar-refractivity contribution in [2.24, 2.45) is 11.7 Å². The molecule has 4 heterocycles. The van der Waals surface area contributed by atoms with Gasteiger partial charge in [-0.25, -0.2) is 9.45 Å². The molecular weight excluding hydrogens is 441 g/mol. The zero-order valence-corrected chi connectivity index (χ0v) is 19.6. The van der Waals surface area contributed by atoms with Gasteiger partial charge in [-0.2, -0.15) is 4.94 Å². The summed E-state index contributed by atoms with van der Waals surface area (Å²) in [4.78, 5) is 10.8. The fraction of sp³-hybridized carbons (Fsp3) is 0.321. The van der Waals surface area contributed by atoms with Gasteiger partial charge in [0.2, 0.25) is 0 Å². The second-order valence-corrected chi connectivity index (χ2v) is 9.61. The summed E-state index contributed by atoms with van der Waals surface area (Å²) in [5.41, 5.74) is 12.1. The van der Waals surface area contributed by atoms with E-state index in [-0.39, 0.29) is 30.1 Å². The molecule has 0 aliphatic carbocycles. The molecule has 4 atom stereocenters. The molecule has 0 spiro atoms. The van der Waals surface area contributed by atoms with Gasteiger partial charge in [-0.05, 0) is 78.8 Å². The molecular formula is C28H30FN5O. The first-order chi connectivity index (χ1) is 17.2. The maximum Gasteiger partial charge on any atom is 0.123 e. The number of nitrogens with zero attached hydrogens (tertiary/aromatic N) is 3. The maximum atomic E-state index is 13.8. The summed E-state index contributed by atoms with van der Waals surface area (Å²) in [6.45, 7) is 0.625. The number of nitrogens with two attached hydrogens (primary N) is 1. The number of fused-ring (bicyclic) bond motifs is 1. The van der Waals surface area contributed by atoms with E-state index < -0.39 is 0 Å². The third kappa shape index (κ3) is 4.36. The van der Waals surface area contributed by atoms with E-state index >= 15 is 0 Å². The molecule has 180 valence electrons. The number of hydroxylamine groups is 4. The number of aromatic nitrogens is 1. The summed E-state index contributed by atoms with van der Waals surface area (Å²) in [7, 11) is 0. The summed E-state index contributed by atoms with van der Waals surface area (Å²) >= 11 is 0. The number of hydrogen-bond acceptors (Lipinski definition) is 6. The molecule has 3 aliphatic heterocycles. The van der Waals surface area contributed by atoms with Crippen LogP contribution in [-0.2, 0) is 11.4 Å². The summed E-state index contributed by atoms with van der Waals surface area (Å²) in [6.07, 6.45) is 7.59. The van der Waals surface area contributed by atoms with Gasteiger partial charge in [0.1, 0.15) is 12.0 Å². The van der Waals surface area contributed by atoms with E-state index in [1.807, 2.05) is 52.9 Å². The van der Waals surface area contributed by atoms with Crippen molar-refractivity contribution in [3.8, 4) is 0 Å². The van der Waals surface area contributed by atoms with Gasteiger partial charge in [-0.15, -0.1) is 5.06 Å². The zero-order chi connectivity index (χ0) is 23.8. The Morgan fingerprint density at radius 1 is 1.00 bits per heavy atom. The van der Waals surface area contributed by atoms with Gasteiger partial charge >= 0.3 is 0 Å². The van der Waals surface area contributed by atoms with E-state index in [2.05, 4.69) is 34.6 Å². The van der Waals surface area contributed by atoms with Gasteiger partial charge in [0, 0.05) is 36.5 Å². The maximum absolute atomic E-state index is 13.8. The zero-order valence-electron chi connectivity index (χ0n) is 19.6. The Bertz CT molecular complexity index is 1190. The SMILES string of the molecule is NC(CCc1ccccc1)CN1ON2C(c3ccc(F)cc3)=C(c3ccncc3)C3CCC1NC32. The second kappa shape index (κ2) is 9.51. The van der Waals surface area contributed by atoms with Crippen LogP contribution >= 0.6 is 0 Å². The number of nitrogens with one attached hydrogen (secondary N) is 1. The highest BCUT2D eigenvalue weighted by Gasteiger charge is 2.51. The van der Waals surface area contributed by atoms with Crippen molar-refractivity contribution in [1.29, 1.82) is 0 Å². The number of halogens is 1. The standard InChI is InChI=1S/C28H30FN5O/c29-22-9-7-21(8-10-22)27-26(20-14-16-31-17-15-20)24-12-13-25-32-28(24)34(27)35-33(25)18-23(30)11-6-19-4-2-1-3-5-19/h1-5,7-10,14-17,23-25,28,32H,6,11-13,18,30H2. The van der Waals surface area contributed by atoms with E-state index in [0.29, 0.717) is 6.54 Å². The highest BCUT2D eigenvalue weighted by atomic mass is 19.1. The van der Waals surface area contributed by atoms with Crippen LogP contribution in [0.1, 0.15) is 36.0 Å². The van der Waals surface area contributed by atoms with Gasteiger partial charge in [-0.1, -0.05) is 30.3 Å². The molecule has 0 radical (unpaired) electrons. The van der Waals surface area contributed by atoms with Crippen LogP contribution in [0.15, 0.2) is 79.1 Å². The molecule has 2 aromatic carbocycles. The van der Waals surface area contributed by atoms with E-state index in [4.69, 9.17) is 10.7 Å². The first kappa shape index (κ1) is 22.4. The first-order valence-electron chi connectivity index (χ1n) is 12.4. The summed E-state index contributed by atoms with van der Waals surface area (Å²) in [5, 5.41) is 7.78. The number of benzene rings is 2. The van der Waals surface area contributed by atoms with Gasteiger partial charge < -0.3 is 5.73 Å². The predicted octanol–water partition coefficient (Wildman–Crippen LogP) is 4.18. The molecule has 2 saturated heterocycles. The largest absolute Gasteiger partial charge is 0.326 e. The molecule has 2 fully saturated rings. The normalized spacial score (nSPS) is 24.6. The van der Waals surface area contributed by atoms with Crippen molar-refractivity contribution < 1.29 is 9.33 Å². The molecule has 4 unspecified atom stereocenters. The Morgan fingerprint density at radius 3 is 2.54 bits per heavy atom. The topological polar surface area (TPSA) is 66.6 Å². The molecule has 6 nitrogen and oxygen atoms in total. The van der Waals surface area contributed by atoms with Crippen molar-refractivity contribution >= 4 is 11.3 Å². The number of aryl methyl sites for hydroxylation is 1. The van der Waals surface area contributed by atoms with Crippen molar-refractivity contribution in [3.05, 3.63) is 102 Å². The smallest absolute Gasteiger partial charge is 0.123 e. The van der Waals surface area contributed by atoms with E-state index in [0.717, 1.165) is 42.5 Å². The van der Waals surface area contributed by atoms with Crippen molar-refractivity contribution in [3.63, 3.8) is 0 Å². The minimum absolute atomic E-state index is 0.0215. The van der Waals surface area contributed by atoms with Crippen LogP contribution in [0.4, 0.5) is 4.39 Å². The van der Waals surface area contributed by atoms with Crippen LogP contribution in [0, 0.1) is 11.7 Å². The van der Waals surface area contributed by atoms with Gasteiger partial charge in [0.15, 0.2) is 0 Å². The lowest BCUT2D eigenvalue weighted by Gasteiger charge is -2.49. The molecule has 3 aromatic rings. The van der Waals surface area contributed by atoms with E-state index in [9.17, 15) is 4.39 Å². The Labute approximate surface area is 205 Å². The predicted molar refractivity (Wildman–Crippen MR) is 133 cm³/mol. The Balaban J connectivity index is 1.28. The van der Waals surface area contributed by atoms with Gasteiger partial charge in [0.25, 0.3) is 0 Å². The lowest BCUT2D eigenvalue weighted by atomic mass is 9.85. The quantitative estimate of drug-likeness (QED) is 0.539. The molecule has 0 amide bonds. The van der Waals surface area contributed by atoms with Gasteiger partial charge in [-0.3, -0.25) is 10.3 Å². The molecule has 3 N–H and O–H groups in total. The minimum Gasteiger partial charge on any atom is -0.326 e. The Morgan fingerprint density at radius 2 is 1.77 bits per heavy atom. The molecule has 3 aliphatic rings. The number of hydrogen-bond donors (Lipinski definition) is 2. The molecule has 7 heteroatoms. The van der Waals surface area contributed by atoms with Crippen LogP contribution in [0.5, 0.6) is 0 Å². The highest BCUT2D eigenvalue weighted by Crippen LogP contribution is 2.50. The average molecular weight is 472 g/mol. The fourth-order valence-corrected chi connectivity index (χ4v) is 5.60. The van der Waals surface area contributed by atoms with Crippen LogP contribution in [-0.4, -0.2) is 40.0 Å². The monoisotopic (exact) mass is 471 g/mol. The molecule has 35 heavy (non-hydrogen) atoms. The number of piperidine rings is 1. The minimum atomic E-state index is -0.251. The van der Waals surface area contributed by atoms with Gasteiger partial charge in [0.05, 0.1) is 11.9 Å². The van der Waals surface area contributed by atoms with Crippen molar-refractivity contribution in [1.82, 2.24) is 20.4 Å². The van der Waals surface area contributed by atoms with Crippen LogP contribution < -0.4 is 11.1 Å². The summed E-state index contributed by atoms with van der Waals surface area (Å²) in [6, 6.07) is 21.2. The highest BCUT2D eigenvalue weighted by molar-refractivity contribution is 5.93. The van der Waals surface area contributed by atoms with E-state index in [1.165, 1.54) is 23.3 Å². The van der Waals surface area contributed by atoms with Crippen LogP contribution in [0.3, 0.4) is 0 Å². The molecule has 2 bridgehead atoms. The molecule has 6 rings (SSSR count). The van der Waals surface area contributed by atoms with Crippen molar-refractivity contribution in [2.75, 3.05) is 6.54 Å². The lowest BCUT2D eigenvalue weighted by molar-refractivity contribution is -0.373. The lowest BCUT2D eigenvalue weighted by Crippen LogP contribution is -2.66. The second-order valence-electron chi connectivity index (χ2n) is 9.61.